The molecule has 116 valence electrons. The Balaban J connectivity index is 5.78. The third kappa shape index (κ3) is 3.37. The zero-order valence-electron chi connectivity index (χ0n) is 12.2. The molecule has 0 amide bonds. The van der Waals surface area contributed by atoms with Gasteiger partial charge in [0.1, 0.15) is 0 Å². The van der Waals surface area contributed by atoms with Crippen LogP contribution in [0.4, 0.5) is 26.3 Å². The first-order valence-electron chi connectivity index (χ1n) is 6.15. The first-order valence-corrected chi connectivity index (χ1v) is 6.15. The van der Waals surface area contributed by atoms with E-state index in [2.05, 4.69) is 0 Å². The quantitative estimate of drug-likeness (QED) is 0.560. The highest BCUT2D eigenvalue weighted by atomic mass is 19.4. The number of rotatable bonds is 4. The van der Waals surface area contributed by atoms with Crippen molar-refractivity contribution in [2.24, 2.45) is 16.2 Å². The van der Waals surface area contributed by atoms with Crippen LogP contribution in [0.15, 0.2) is 0 Å². The second-order valence-electron chi connectivity index (χ2n) is 6.70. The summed E-state index contributed by atoms with van der Waals surface area (Å²) in [6, 6.07) is 0. The smallest absolute Gasteiger partial charge is 0.170 e. The van der Waals surface area contributed by atoms with Crippen molar-refractivity contribution in [2.75, 3.05) is 0 Å². The molecule has 0 radical (unpaired) electrons. The van der Waals surface area contributed by atoms with E-state index in [1.165, 1.54) is 0 Å². The molecular weight excluding hydrogens is 270 g/mol. The normalized spacial score (nSPS) is 15.8. The highest BCUT2D eigenvalue weighted by molar-refractivity contribution is 5.01. The molecule has 0 aliphatic heterocycles. The molecule has 19 heavy (non-hydrogen) atoms. The van der Waals surface area contributed by atoms with Gasteiger partial charge in [-0.3, -0.25) is 0 Å². The van der Waals surface area contributed by atoms with Gasteiger partial charge in [0, 0.05) is 0 Å². The van der Waals surface area contributed by atoms with Crippen LogP contribution < -0.4 is 0 Å². The lowest BCUT2D eigenvalue weighted by atomic mass is 9.59. The minimum absolute atomic E-state index is 0.161. The Morgan fingerprint density at radius 3 is 1.21 bits per heavy atom. The van der Waals surface area contributed by atoms with Gasteiger partial charge < -0.3 is 0 Å². The Morgan fingerprint density at radius 1 is 0.684 bits per heavy atom. The predicted octanol–water partition coefficient (Wildman–Crippen LogP) is 5.97. The minimum atomic E-state index is -5.33. The molecule has 6 heteroatoms. The second kappa shape index (κ2) is 4.85. The van der Waals surface area contributed by atoms with Crippen LogP contribution in [0.3, 0.4) is 0 Å². The number of hydrogen-bond donors (Lipinski definition) is 0. The Labute approximate surface area is 110 Å². The summed E-state index contributed by atoms with van der Waals surface area (Å²) in [5, 5.41) is 0. The Hall–Kier alpha value is -0.420. The molecule has 0 rings (SSSR count). The highest BCUT2D eigenvalue weighted by Crippen LogP contribution is 2.62. The van der Waals surface area contributed by atoms with E-state index in [0.717, 1.165) is 13.8 Å². The lowest BCUT2D eigenvalue weighted by molar-refractivity contribution is -0.369. The maximum atomic E-state index is 13.1. The van der Waals surface area contributed by atoms with Crippen molar-refractivity contribution >= 4 is 0 Å². The van der Waals surface area contributed by atoms with E-state index in [-0.39, 0.29) is 13.3 Å². The Kier molecular flexibility index (Phi) is 4.74. The summed E-state index contributed by atoms with van der Waals surface area (Å²) in [6.45, 7) is 7.48. The summed E-state index contributed by atoms with van der Waals surface area (Å²) in [6.07, 6.45) is -10.3. The molecule has 0 atom stereocenters. The summed E-state index contributed by atoms with van der Waals surface area (Å²) < 4.78 is 78.3. The van der Waals surface area contributed by atoms with Crippen LogP contribution in [-0.4, -0.2) is 12.4 Å². The van der Waals surface area contributed by atoms with Gasteiger partial charge in [-0.25, -0.2) is 0 Å². The molecule has 0 nitrogen and oxygen atoms in total. The molecule has 0 aliphatic rings. The van der Waals surface area contributed by atoms with Crippen LogP contribution in [0.2, 0.25) is 0 Å². The third-order valence-electron chi connectivity index (χ3n) is 4.37. The van der Waals surface area contributed by atoms with Crippen molar-refractivity contribution in [3.05, 3.63) is 0 Å². The van der Waals surface area contributed by atoms with Crippen LogP contribution in [0.5, 0.6) is 0 Å². The maximum Gasteiger partial charge on any atom is 0.403 e. The largest absolute Gasteiger partial charge is 0.403 e. The monoisotopic (exact) mass is 292 g/mol. The van der Waals surface area contributed by atoms with E-state index in [0.29, 0.717) is 6.42 Å². The van der Waals surface area contributed by atoms with Gasteiger partial charge in [-0.2, -0.15) is 26.3 Å². The summed E-state index contributed by atoms with van der Waals surface area (Å²) in [5.74, 6) is 0. The van der Waals surface area contributed by atoms with Crippen LogP contribution in [0.1, 0.15) is 54.4 Å². The zero-order chi connectivity index (χ0) is 15.9. The summed E-state index contributed by atoms with van der Waals surface area (Å²) in [5.41, 5.74) is -6.25. The Bertz CT molecular complexity index is 294. The van der Waals surface area contributed by atoms with E-state index in [1.54, 1.807) is 20.8 Å². The second-order valence-corrected chi connectivity index (χ2v) is 6.70. The molecule has 0 aromatic rings. The molecule has 0 saturated carbocycles. The average Bonchev–Trinajstić information content (AvgIpc) is 2.11. The molecule has 0 saturated heterocycles. The number of halogens is 6. The third-order valence-corrected chi connectivity index (χ3v) is 4.37. The van der Waals surface area contributed by atoms with Gasteiger partial charge in [0.15, 0.2) is 5.41 Å². The molecular formula is C13H22F6. The molecule has 0 fully saturated rings. The molecule has 0 aromatic carbocycles. The fraction of sp³-hybridized carbons (Fsp3) is 1.00. The molecule has 0 N–H and O–H groups in total. The maximum absolute atomic E-state index is 13.1. The molecule has 0 aromatic heterocycles. The van der Waals surface area contributed by atoms with Gasteiger partial charge in [0.25, 0.3) is 0 Å². The van der Waals surface area contributed by atoms with E-state index in [9.17, 15) is 26.3 Å². The van der Waals surface area contributed by atoms with E-state index < -0.39 is 28.6 Å². The van der Waals surface area contributed by atoms with Crippen molar-refractivity contribution in [2.45, 2.75) is 66.7 Å². The highest BCUT2D eigenvalue weighted by Gasteiger charge is 2.73. The van der Waals surface area contributed by atoms with Crippen LogP contribution in [0, 0.1) is 16.2 Å². The summed E-state index contributed by atoms with van der Waals surface area (Å²) in [4.78, 5) is 0. The topological polar surface area (TPSA) is 0 Å². The van der Waals surface area contributed by atoms with Gasteiger partial charge in [-0.1, -0.05) is 41.0 Å². The fourth-order valence-electron chi connectivity index (χ4n) is 2.43. The molecule has 0 aliphatic carbocycles. The summed E-state index contributed by atoms with van der Waals surface area (Å²) >= 11 is 0. The predicted molar refractivity (Wildman–Crippen MR) is 62.7 cm³/mol. The zero-order valence-corrected chi connectivity index (χ0v) is 12.2. The SMILES string of the molecule is CCC(C)(C)CC(C)(C)C(C)(C(F)(F)F)C(F)(F)F. The molecule has 0 spiro atoms. The van der Waals surface area contributed by atoms with Crippen LogP contribution in [-0.2, 0) is 0 Å². The number of hydrogen-bond acceptors (Lipinski definition) is 0. The molecule has 0 bridgehead atoms. The van der Waals surface area contributed by atoms with Crippen molar-refractivity contribution in [1.82, 2.24) is 0 Å². The fourth-order valence-corrected chi connectivity index (χ4v) is 2.43. The van der Waals surface area contributed by atoms with Gasteiger partial charge in [0.2, 0.25) is 0 Å². The van der Waals surface area contributed by atoms with Gasteiger partial charge in [-0.15, -0.1) is 0 Å². The summed E-state index contributed by atoms with van der Waals surface area (Å²) in [7, 11) is 0. The molecule has 0 unspecified atom stereocenters. The van der Waals surface area contributed by atoms with Crippen molar-refractivity contribution in [3.8, 4) is 0 Å². The lowest BCUT2D eigenvalue weighted by Crippen LogP contribution is -2.57. The van der Waals surface area contributed by atoms with E-state index in [1.807, 2.05) is 0 Å². The van der Waals surface area contributed by atoms with Gasteiger partial charge >= 0.3 is 12.4 Å². The standard InChI is InChI=1S/C13H22F6/c1-7-9(2,3)8-10(4,5)11(6,12(14,15)16)13(17,18)19/h7-8H2,1-6H3. The van der Waals surface area contributed by atoms with Crippen molar-refractivity contribution < 1.29 is 26.3 Å². The van der Waals surface area contributed by atoms with Crippen molar-refractivity contribution in [3.63, 3.8) is 0 Å². The van der Waals surface area contributed by atoms with E-state index >= 15 is 0 Å². The average molecular weight is 292 g/mol. The number of alkyl halides is 6. The molecule has 0 heterocycles. The van der Waals surface area contributed by atoms with Crippen molar-refractivity contribution in [1.29, 1.82) is 0 Å². The van der Waals surface area contributed by atoms with Gasteiger partial charge in [0.05, 0.1) is 0 Å². The Morgan fingerprint density at radius 2 is 1.00 bits per heavy atom. The lowest BCUT2D eigenvalue weighted by Gasteiger charge is -2.49. The van der Waals surface area contributed by atoms with Crippen LogP contribution >= 0.6 is 0 Å². The minimum Gasteiger partial charge on any atom is -0.170 e. The first-order chi connectivity index (χ1) is 8.02. The van der Waals surface area contributed by atoms with Crippen LogP contribution in [0.25, 0.3) is 0 Å². The first kappa shape index (κ1) is 18.6. The van der Waals surface area contributed by atoms with E-state index in [4.69, 9.17) is 0 Å². The van der Waals surface area contributed by atoms with Gasteiger partial charge in [-0.05, 0) is 24.2 Å².